The largest absolute Gasteiger partial charge is 0.411 e. The molecule has 2 aromatic carbocycles. The van der Waals surface area contributed by atoms with Crippen LogP contribution in [0.5, 0.6) is 0 Å². The maximum atomic E-state index is 9.16. The molecule has 2 rings (SSSR count). The molecular weight excluding hydrogens is 387 g/mol. The monoisotopic (exact) mass is 400 g/mol. The lowest BCUT2D eigenvalue weighted by atomic mass is 10.1. The molecule has 0 aliphatic carbocycles. The van der Waals surface area contributed by atoms with Crippen molar-refractivity contribution in [1.82, 2.24) is 0 Å². The Morgan fingerprint density at radius 1 is 0.708 bits per heavy atom. The van der Waals surface area contributed by atoms with Crippen LogP contribution in [-0.2, 0) is 0 Å². The van der Waals surface area contributed by atoms with E-state index in [4.69, 9.17) is 33.6 Å². The third-order valence-electron chi connectivity index (χ3n) is 3.07. The normalized spacial score (nSPS) is 12.4. The molecule has 0 saturated carbocycles. The molecule has 0 spiro atoms. The van der Waals surface area contributed by atoms with Gasteiger partial charge in [0, 0.05) is 21.2 Å². The Hall–Kier alpha value is -1.34. The summed E-state index contributed by atoms with van der Waals surface area (Å²) >= 11 is 11.7. The fraction of sp³-hybridized carbons (Fsp3) is 0.125. The van der Waals surface area contributed by atoms with Crippen LogP contribution in [0.3, 0.4) is 0 Å². The Labute approximate surface area is 157 Å². The predicted octanol–water partition coefficient (Wildman–Crippen LogP) is 5.43. The molecule has 0 aromatic heterocycles. The minimum Gasteiger partial charge on any atom is -0.411 e. The molecule has 0 amide bonds. The summed E-state index contributed by atoms with van der Waals surface area (Å²) in [5.41, 5.74) is 2.73. The molecule has 0 bridgehead atoms. The van der Waals surface area contributed by atoms with Crippen molar-refractivity contribution in [3.63, 3.8) is 0 Å². The first-order valence-corrected chi connectivity index (χ1v) is 10.1. The van der Waals surface area contributed by atoms with Gasteiger partial charge in [-0.25, -0.2) is 0 Å². The van der Waals surface area contributed by atoms with Crippen LogP contribution >= 0.6 is 44.8 Å². The topological polar surface area (TPSA) is 65.2 Å². The van der Waals surface area contributed by atoms with Crippen molar-refractivity contribution in [2.24, 2.45) is 10.3 Å². The summed E-state index contributed by atoms with van der Waals surface area (Å²) < 4.78 is 0. The maximum Gasteiger partial charge on any atom is 0.0975 e. The Morgan fingerprint density at radius 3 is 1.33 bits per heavy atom. The van der Waals surface area contributed by atoms with Gasteiger partial charge in [0.15, 0.2) is 0 Å². The quantitative estimate of drug-likeness (QED) is 0.213. The van der Waals surface area contributed by atoms with Gasteiger partial charge in [0.2, 0.25) is 0 Å². The number of hydrogen-bond acceptors (Lipinski definition) is 6. The first-order valence-electron chi connectivity index (χ1n) is 6.82. The molecule has 0 aliphatic heterocycles. The van der Waals surface area contributed by atoms with Crippen molar-refractivity contribution in [3.8, 4) is 0 Å². The van der Waals surface area contributed by atoms with Crippen LogP contribution in [0.4, 0.5) is 0 Å². The molecule has 126 valence electrons. The van der Waals surface area contributed by atoms with Gasteiger partial charge in [0.25, 0.3) is 0 Å². The van der Waals surface area contributed by atoms with Crippen LogP contribution in [0.2, 0.25) is 10.0 Å². The van der Waals surface area contributed by atoms with E-state index in [-0.39, 0.29) is 0 Å². The molecule has 24 heavy (non-hydrogen) atoms. The lowest BCUT2D eigenvalue weighted by Crippen LogP contribution is -2.06. The van der Waals surface area contributed by atoms with E-state index >= 15 is 0 Å². The number of rotatable bonds is 7. The molecule has 8 heteroatoms. The zero-order valence-electron chi connectivity index (χ0n) is 12.4. The van der Waals surface area contributed by atoms with Gasteiger partial charge in [0.05, 0.1) is 22.9 Å². The molecule has 0 radical (unpaired) electrons. The van der Waals surface area contributed by atoms with Crippen molar-refractivity contribution >= 4 is 56.2 Å². The highest BCUT2D eigenvalue weighted by Gasteiger charge is 2.08. The van der Waals surface area contributed by atoms with Gasteiger partial charge in [-0.1, -0.05) is 79.4 Å². The van der Waals surface area contributed by atoms with Gasteiger partial charge >= 0.3 is 0 Å². The molecule has 2 N–H and O–H groups in total. The van der Waals surface area contributed by atoms with E-state index in [2.05, 4.69) is 10.3 Å². The molecule has 0 saturated heterocycles. The molecule has 0 unspecified atom stereocenters. The van der Waals surface area contributed by atoms with Gasteiger partial charge in [0.1, 0.15) is 0 Å². The lowest BCUT2D eigenvalue weighted by Gasteiger charge is -2.06. The summed E-state index contributed by atoms with van der Waals surface area (Å²) in [6, 6.07) is 14.2. The van der Waals surface area contributed by atoms with E-state index in [1.165, 1.54) is 21.6 Å². The zero-order chi connectivity index (χ0) is 17.4. The number of halogens is 2. The molecule has 4 nitrogen and oxygen atoms in total. The van der Waals surface area contributed by atoms with Gasteiger partial charge < -0.3 is 10.4 Å². The van der Waals surface area contributed by atoms with E-state index in [9.17, 15) is 0 Å². The summed E-state index contributed by atoms with van der Waals surface area (Å²) in [7, 11) is 3.00. The van der Waals surface area contributed by atoms with Gasteiger partial charge in [-0.3, -0.25) is 0 Å². The molecular formula is C16H14Cl2N2O2S2. The second-order valence-corrected chi connectivity index (χ2v) is 7.97. The second-order valence-electron chi connectivity index (χ2n) is 4.63. The molecule has 0 atom stereocenters. The van der Waals surface area contributed by atoms with Crippen LogP contribution in [0.25, 0.3) is 0 Å². The highest BCUT2D eigenvalue weighted by molar-refractivity contribution is 8.77. The minimum atomic E-state index is 0.502. The maximum absolute atomic E-state index is 9.16. The highest BCUT2D eigenvalue weighted by atomic mass is 35.5. The standard InChI is InChI=1S/C16H14Cl2N2O2S2/c17-13-5-1-11(2-6-13)15(19-21)9-23-24-10-16(20-22)12-3-7-14(18)8-4-12/h1-8,21-22H,9-10H2. The first kappa shape index (κ1) is 19.0. The zero-order valence-corrected chi connectivity index (χ0v) is 15.5. The van der Waals surface area contributed by atoms with E-state index in [1.807, 2.05) is 0 Å². The van der Waals surface area contributed by atoms with Crippen LogP contribution in [-0.4, -0.2) is 33.3 Å². The Kier molecular flexibility index (Phi) is 7.78. The second kappa shape index (κ2) is 9.84. The summed E-state index contributed by atoms with van der Waals surface area (Å²) in [4.78, 5) is 0. The lowest BCUT2D eigenvalue weighted by molar-refractivity contribution is 0.319. The van der Waals surface area contributed by atoms with Gasteiger partial charge in [-0.15, -0.1) is 0 Å². The van der Waals surface area contributed by atoms with Gasteiger partial charge in [-0.05, 0) is 24.3 Å². The average Bonchev–Trinajstić information content (AvgIpc) is 2.60. The van der Waals surface area contributed by atoms with E-state index in [1.54, 1.807) is 48.5 Å². The molecule has 0 fully saturated rings. The SMILES string of the molecule is ON=C(CSSCC(=NO)c1ccc(Cl)cc1)c1ccc(Cl)cc1. The smallest absolute Gasteiger partial charge is 0.0975 e. The van der Waals surface area contributed by atoms with Crippen LogP contribution < -0.4 is 0 Å². The average molecular weight is 401 g/mol. The predicted molar refractivity (Wildman–Crippen MR) is 104 cm³/mol. The van der Waals surface area contributed by atoms with E-state index < -0.39 is 0 Å². The molecule has 2 aromatic rings. The Bertz CT molecular complexity index is 656. The van der Waals surface area contributed by atoms with Crippen LogP contribution in [0, 0.1) is 0 Å². The summed E-state index contributed by atoms with van der Waals surface area (Å²) in [6.45, 7) is 0. The summed E-state index contributed by atoms with van der Waals surface area (Å²) in [5, 5.41) is 26.3. The third kappa shape index (κ3) is 5.63. The van der Waals surface area contributed by atoms with Crippen LogP contribution in [0.1, 0.15) is 11.1 Å². The fourth-order valence-electron chi connectivity index (χ4n) is 1.82. The number of benzene rings is 2. The molecule has 0 aliphatic rings. The third-order valence-corrected chi connectivity index (χ3v) is 5.73. The van der Waals surface area contributed by atoms with Crippen molar-refractivity contribution < 1.29 is 10.4 Å². The van der Waals surface area contributed by atoms with Crippen LogP contribution in [0.15, 0.2) is 58.8 Å². The number of nitrogens with zero attached hydrogens (tertiary/aromatic N) is 2. The van der Waals surface area contributed by atoms with Crippen molar-refractivity contribution in [3.05, 3.63) is 69.7 Å². The Balaban J connectivity index is 1.86. The van der Waals surface area contributed by atoms with E-state index in [0.717, 1.165) is 11.1 Å². The van der Waals surface area contributed by atoms with Crippen molar-refractivity contribution in [1.29, 1.82) is 0 Å². The molecule has 0 heterocycles. The Morgan fingerprint density at radius 2 is 1.04 bits per heavy atom. The number of oxime groups is 2. The fourth-order valence-corrected chi connectivity index (χ4v) is 4.08. The van der Waals surface area contributed by atoms with Crippen molar-refractivity contribution in [2.75, 3.05) is 11.5 Å². The van der Waals surface area contributed by atoms with Crippen molar-refractivity contribution in [2.45, 2.75) is 0 Å². The summed E-state index contributed by atoms with van der Waals surface area (Å²) in [6.07, 6.45) is 0. The van der Waals surface area contributed by atoms with E-state index in [0.29, 0.717) is 33.0 Å². The first-order chi connectivity index (χ1) is 11.6. The highest BCUT2D eigenvalue weighted by Crippen LogP contribution is 2.25. The number of hydrogen-bond donors (Lipinski definition) is 2. The minimum absolute atomic E-state index is 0.502. The van der Waals surface area contributed by atoms with Gasteiger partial charge in [-0.2, -0.15) is 0 Å². The summed E-state index contributed by atoms with van der Waals surface area (Å²) in [5.74, 6) is 1.00.